The highest BCUT2D eigenvalue weighted by Gasteiger charge is 2.27. The molecule has 4 N–H and O–H groups in total. The van der Waals surface area contributed by atoms with Crippen LogP contribution in [0.25, 0.3) is 0 Å². The molecule has 3 unspecified atom stereocenters. The fourth-order valence-electron chi connectivity index (χ4n) is 2.20. The first kappa shape index (κ1) is 10.5. The Morgan fingerprint density at radius 1 is 1.60 bits per heavy atom. The molecule has 1 aliphatic heterocycles. The lowest BCUT2D eigenvalue weighted by atomic mass is 9.87. The lowest BCUT2D eigenvalue weighted by Gasteiger charge is -2.22. The lowest BCUT2D eigenvalue weighted by Crippen LogP contribution is -2.27. The molecular formula is C12H18N2O. The van der Waals surface area contributed by atoms with Crippen molar-refractivity contribution in [3.8, 4) is 0 Å². The highest BCUT2D eigenvalue weighted by Crippen LogP contribution is 2.28. The van der Waals surface area contributed by atoms with Gasteiger partial charge in [0.1, 0.15) is 0 Å². The molecule has 0 aromatic rings. The molecule has 0 amide bonds. The van der Waals surface area contributed by atoms with Gasteiger partial charge in [-0.05, 0) is 30.7 Å². The van der Waals surface area contributed by atoms with Crippen molar-refractivity contribution in [2.45, 2.75) is 25.4 Å². The zero-order valence-electron chi connectivity index (χ0n) is 8.98. The van der Waals surface area contributed by atoms with Crippen LogP contribution in [0.3, 0.4) is 0 Å². The van der Waals surface area contributed by atoms with E-state index in [0.29, 0.717) is 12.0 Å². The number of aliphatic hydroxyl groups excluding tert-OH is 1. The van der Waals surface area contributed by atoms with Crippen molar-refractivity contribution in [2.75, 3.05) is 6.61 Å². The number of allylic oxidation sites excluding steroid dienone is 1. The summed E-state index contributed by atoms with van der Waals surface area (Å²) in [5.41, 5.74) is 8.11. The van der Waals surface area contributed by atoms with Gasteiger partial charge in [0, 0.05) is 12.0 Å². The Bertz CT molecular complexity index is 329. The van der Waals surface area contributed by atoms with Gasteiger partial charge in [-0.1, -0.05) is 18.2 Å². The Morgan fingerprint density at radius 2 is 2.40 bits per heavy atom. The molecular weight excluding hydrogens is 188 g/mol. The standard InChI is InChI=1S/C12H18N2O/c1-8(13)4-9-2-3-11-10(7-15)6-14-12(11)5-9/h2-3,5-6,8,11-12,14-15H,4,7,13H2,1H3. The second-order valence-corrected chi connectivity index (χ2v) is 4.38. The van der Waals surface area contributed by atoms with Gasteiger partial charge in [0.2, 0.25) is 0 Å². The van der Waals surface area contributed by atoms with E-state index in [0.717, 1.165) is 12.0 Å². The molecule has 2 rings (SSSR count). The number of nitrogens with one attached hydrogen (secondary N) is 1. The molecule has 0 fully saturated rings. The minimum atomic E-state index is 0.134. The van der Waals surface area contributed by atoms with E-state index in [1.807, 2.05) is 13.1 Å². The lowest BCUT2D eigenvalue weighted by molar-refractivity contribution is 0.320. The second kappa shape index (κ2) is 4.21. The van der Waals surface area contributed by atoms with Crippen LogP contribution in [0.4, 0.5) is 0 Å². The maximum absolute atomic E-state index is 9.13. The van der Waals surface area contributed by atoms with Gasteiger partial charge in [0.15, 0.2) is 0 Å². The van der Waals surface area contributed by atoms with Crippen LogP contribution in [-0.4, -0.2) is 23.8 Å². The summed E-state index contributed by atoms with van der Waals surface area (Å²) in [6.07, 6.45) is 9.33. The summed E-state index contributed by atoms with van der Waals surface area (Å²) in [6, 6.07) is 0.509. The minimum absolute atomic E-state index is 0.134. The Balaban J connectivity index is 2.06. The maximum Gasteiger partial charge on any atom is 0.0665 e. The van der Waals surface area contributed by atoms with Crippen molar-refractivity contribution in [2.24, 2.45) is 11.7 Å². The quantitative estimate of drug-likeness (QED) is 0.636. The molecule has 0 aromatic carbocycles. The third kappa shape index (κ3) is 2.13. The van der Waals surface area contributed by atoms with Gasteiger partial charge >= 0.3 is 0 Å². The second-order valence-electron chi connectivity index (χ2n) is 4.38. The molecule has 0 aromatic heterocycles. The fourth-order valence-corrected chi connectivity index (χ4v) is 2.20. The van der Waals surface area contributed by atoms with Crippen molar-refractivity contribution >= 4 is 0 Å². The smallest absolute Gasteiger partial charge is 0.0665 e. The van der Waals surface area contributed by atoms with Crippen molar-refractivity contribution < 1.29 is 5.11 Å². The number of fused-ring (bicyclic) bond motifs is 1. The highest BCUT2D eigenvalue weighted by atomic mass is 16.3. The third-order valence-electron chi connectivity index (χ3n) is 2.93. The van der Waals surface area contributed by atoms with E-state index in [4.69, 9.17) is 10.8 Å². The van der Waals surface area contributed by atoms with E-state index in [9.17, 15) is 0 Å². The molecule has 0 bridgehead atoms. The molecule has 0 saturated carbocycles. The van der Waals surface area contributed by atoms with E-state index < -0.39 is 0 Å². The van der Waals surface area contributed by atoms with Crippen LogP contribution in [0.5, 0.6) is 0 Å². The van der Waals surface area contributed by atoms with Crippen LogP contribution in [-0.2, 0) is 0 Å². The molecule has 82 valence electrons. The first-order valence-corrected chi connectivity index (χ1v) is 5.41. The monoisotopic (exact) mass is 206 g/mol. The summed E-state index contributed by atoms with van der Waals surface area (Å²) in [5, 5.41) is 12.4. The zero-order chi connectivity index (χ0) is 10.8. The van der Waals surface area contributed by atoms with Crippen molar-refractivity contribution in [3.05, 3.63) is 35.6 Å². The Kier molecular flexibility index (Phi) is 2.93. The topological polar surface area (TPSA) is 58.3 Å². The first-order chi connectivity index (χ1) is 7.20. The number of aliphatic hydroxyl groups is 1. The average molecular weight is 206 g/mol. The average Bonchev–Trinajstić information content (AvgIpc) is 2.58. The van der Waals surface area contributed by atoms with Crippen molar-refractivity contribution in [3.63, 3.8) is 0 Å². The Hall–Kier alpha value is -1.06. The first-order valence-electron chi connectivity index (χ1n) is 5.41. The predicted octanol–water partition coefficient (Wildman–Crippen LogP) is 0.684. The number of hydrogen-bond acceptors (Lipinski definition) is 3. The summed E-state index contributed by atoms with van der Waals surface area (Å²) in [6.45, 7) is 2.15. The molecule has 0 saturated heterocycles. The van der Waals surface area contributed by atoms with Crippen LogP contribution in [0.1, 0.15) is 13.3 Å². The molecule has 15 heavy (non-hydrogen) atoms. The molecule has 3 heteroatoms. The van der Waals surface area contributed by atoms with Gasteiger partial charge in [-0.15, -0.1) is 0 Å². The number of nitrogens with two attached hydrogens (primary N) is 1. The SMILES string of the molecule is CC(N)CC1=CC2NC=C(CO)C2C=C1. The largest absolute Gasteiger partial charge is 0.392 e. The fraction of sp³-hybridized carbons (Fsp3) is 0.500. The van der Waals surface area contributed by atoms with E-state index in [2.05, 4.69) is 23.5 Å². The molecule has 0 radical (unpaired) electrons. The van der Waals surface area contributed by atoms with Crippen LogP contribution < -0.4 is 11.1 Å². The van der Waals surface area contributed by atoms with Crippen LogP contribution in [0.2, 0.25) is 0 Å². The van der Waals surface area contributed by atoms with Gasteiger partial charge in [0.05, 0.1) is 12.6 Å². The van der Waals surface area contributed by atoms with Gasteiger partial charge in [0.25, 0.3) is 0 Å². The normalized spacial score (nSPS) is 30.3. The molecule has 3 nitrogen and oxygen atoms in total. The predicted molar refractivity (Wildman–Crippen MR) is 61.1 cm³/mol. The highest BCUT2D eigenvalue weighted by molar-refractivity contribution is 5.36. The van der Waals surface area contributed by atoms with Crippen LogP contribution in [0.15, 0.2) is 35.6 Å². The molecule has 3 atom stereocenters. The Labute approximate surface area is 90.4 Å². The molecule has 1 aliphatic carbocycles. The van der Waals surface area contributed by atoms with Crippen molar-refractivity contribution in [1.29, 1.82) is 0 Å². The van der Waals surface area contributed by atoms with E-state index in [-0.39, 0.29) is 12.6 Å². The third-order valence-corrected chi connectivity index (χ3v) is 2.93. The molecule has 1 heterocycles. The summed E-state index contributed by atoms with van der Waals surface area (Å²) in [7, 11) is 0. The summed E-state index contributed by atoms with van der Waals surface area (Å²) in [4.78, 5) is 0. The summed E-state index contributed by atoms with van der Waals surface area (Å²) >= 11 is 0. The van der Waals surface area contributed by atoms with E-state index >= 15 is 0 Å². The van der Waals surface area contributed by atoms with Gasteiger partial charge < -0.3 is 16.2 Å². The molecule has 0 spiro atoms. The van der Waals surface area contributed by atoms with Crippen LogP contribution >= 0.6 is 0 Å². The minimum Gasteiger partial charge on any atom is -0.392 e. The summed E-state index contributed by atoms with van der Waals surface area (Å²) < 4.78 is 0. The van der Waals surface area contributed by atoms with E-state index in [1.54, 1.807) is 0 Å². The van der Waals surface area contributed by atoms with Gasteiger partial charge in [-0.3, -0.25) is 0 Å². The number of hydrogen-bond donors (Lipinski definition) is 3. The van der Waals surface area contributed by atoms with Crippen LogP contribution in [0, 0.1) is 5.92 Å². The van der Waals surface area contributed by atoms with Crippen molar-refractivity contribution in [1.82, 2.24) is 5.32 Å². The Morgan fingerprint density at radius 3 is 3.07 bits per heavy atom. The molecule has 2 aliphatic rings. The maximum atomic E-state index is 9.13. The number of rotatable bonds is 3. The van der Waals surface area contributed by atoms with Gasteiger partial charge in [-0.25, -0.2) is 0 Å². The van der Waals surface area contributed by atoms with Gasteiger partial charge in [-0.2, -0.15) is 0 Å². The summed E-state index contributed by atoms with van der Waals surface area (Å²) in [5.74, 6) is 0.326. The van der Waals surface area contributed by atoms with E-state index in [1.165, 1.54) is 5.57 Å². The zero-order valence-corrected chi connectivity index (χ0v) is 8.98.